The molecule has 1 saturated heterocycles. The summed E-state index contributed by atoms with van der Waals surface area (Å²) in [6.07, 6.45) is -6.99. The molecule has 1 fully saturated rings. The Morgan fingerprint density at radius 1 is 1.13 bits per heavy atom. The summed E-state index contributed by atoms with van der Waals surface area (Å²) in [5.74, 6) is -3.77. The molecule has 1 atom stereocenters. The topological polar surface area (TPSA) is 92.3 Å². The fourth-order valence-corrected chi connectivity index (χ4v) is 3.45. The van der Waals surface area contributed by atoms with Crippen molar-refractivity contribution in [1.29, 1.82) is 0 Å². The van der Waals surface area contributed by atoms with Gasteiger partial charge in [0.1, 0.15) is 23.7 Å². The van der Waals surface area contributed by atoms with Crippen LogP contribution in [0.15, 0.2) is 18.5 Å². The van der Waals surface area contributed by atoms with E-state index in [1.807, 2.05) is 0 Å². The quantitative estimate of drug-likeness (QED) is 0.703. The number of nitrogens with zero attached hydrogens (tertiary/aromatic N) is 4. The lowest BCUT2D eigenvalue weighted by Gasteiger charge is -2.31. The van der Waals surface area contributed by atoms with Crippen LogP contribution >= 0.6 is 0 Å². The molecule has 0 saturated carbocycles. The second-order valence-corrected chi connectivity index (χ2v) is 7.19. The van der Waals surface area contributed by atoms with E-state index in [0.717, 1.165) is 18.5 Å². The Morgan fingerprint density at radius 3 is 2.48 bits per heavy atom. The third-order valence-electron chi connectivity index (χ3n) is 4.87. The number of halogens is 5. The molecule has 2 N–H and O–H groups in total. The Kier molecular flexibility index (Phi) is 5.15. The molecule has 0 bridgehead atoms. The molecule has 0 aromatic carbocycles. The van der Waals surface area contributed by atoms with E-state index < -0.39 is 29.9 Å². The van der Waals surface area contributed by atoms with E-state index in [1.165, 1.54) is 0 Å². The predicted octanol–water partition coefficient (Wildman–Crippen LogP) is 3.23. The molecule has 1 amide bonds. The van der Waals surface area contributed by atoms with Crippen LogP contribution in [-0.4, -0.2) is 53.1 Å². The maximum absolute atomic E-state index is 14.2. The summed E-state index contributed by atoms with van der Waals surface area (Å²) in [6.45, 7) is 2.48. The van der Waals surface area contributed by atoms with Gasteiger partial charge in [0.25, 0.3) is 5.92 Å². The van der Waals surface area contributed by atoms with Crippen molar-refractivity contribution in [3.63, 3.8) is 0 Å². The van der Waals surface area contributed by atoms with Crippen LogP contribution in [0.5, 0.6) is 0 Å². The van der Waals surface area contributed by atoms with Gasteiger partial charge in [0.15, 0.2) is 6.10 Å². The van der Waals surface area contributed by atoms with Crippen molar-refractivity contribution >= 4 is 17.7 Å². The largest absolute Gasteiger partial charge is 0.434 e. The van der Waals surface area contributed by atoms with Gasteiger partial charge >= 0.3 is 12.3 Å². The van der Waals surface area contributed by atoms with Gasteiger partial charge in [-0.2, -0.15) is 13.2 Å². The molecule has 0 spiro atoms. The molecule has 13 heteroatoms. The number of fused-ring (bicyclic) bond motifs is 1. The number of rotatable bonds is 3. The molecule has 4 heterocycles. The fourth-order valence-electron chi connectivity index (χ4n) is 3.45. The summed E-state index contributed by atoms with van der Waals surface area (Å²) in [5.41, 5.74) is -1.90. The highest BCUT2D eigenvalue weighted by Crippen LogP contribution is 2.44. The number of alkyl halides is 5. The van der Waals surface area contributed by atoms with Crippen molar-refractivity contribution in [2.75, 3.05) is 36.4 Å². The smallest absolute Gasteiger partial charge is 0.416 e. The van der Waals surface area contributed by atoms with Gasteiger partial charge < -0.3 is 15.0 Å². The third kappa shape index (κ3) is 4.22. The molecule has 2 aromatic rings. The van der Waals surface area contributed by atoms with Crippen LogP contribution in [0, 0.1) is 0 Å². The van der Waals surface area contributed by atoms with Gasteiger partial charge in [0.05, 0.1) is 16.8 Å². The Labute approximate surface area is 172 Å². The second-order valence-electron chi connectivity index (χ2n) is 7.19. The summed E-state index contributed by atoms with van der Waals surface area (Å²) in [7, 11) is 0. The van der Waals surface area contributed by atoms with Crippen molar-refractivity contribution in [3.8, 4) is 11.4 Å². The number of hydrogen-bond acceptors (Lipinski definition) is 7. The minimum absolute atomic E-state index is 0.0410. The van der Waals surface area contributed by atoms with Gasteiger partial charge in [0.2, 0.25) is 0 Å². The Balaban J connectivity index is 1.90. The molecule has 0 aliphatic carbocycles. The number of nitrogens with one attached hydrogen (secondary N) is 2. The molecule has 2 aliphatic rings. The molecule has 0 unspecified atom stereocenters. The number of carbonyl (C=O) groups excluding carboxylic acids is 1. The Bertz CT molecular complexity index is 1000. The molecule has 8 nitrogen and oxygen atoms in total. The summed E-state index contributed by atoms with van der Waals surface area (Å²) in [4.78, 5) is 25.3. The highest BCUT2D eigenvalue weighted by molar-refractivity contribution is 5.88. The van der Waals surface area contributed by atoms with E-state index >= 15 is 0 Å². The van der Waals surface area contributed by atoms with E-state index in [-0.39, 0.29) is 28.6 Å². The van der Waals surface area contributed by atoms with Crippen LogP contribution in [0.3, 0.4) is 0 Å². The average molecular weight is 444 g/mol. The fraction of sp³-hybridized carbons (Fsp3) is 0.444. The average Bonchev–Trinajstić information content (AvgIpc) is 2.71. The molecular weight excluding hydrogens is 427 g/mol. The lowest BCUT2D eigenvalue weighted by molar-refractivity contribution is -0.137. The van der Waals surface area contributed by atoms with E-state index in [4.69, 9.17) is 4.74 Å². The van der Waals surface area contributed by atoms with Crippen molar-refractivity contribution in [2.24, 2.45) is 0 Å². The molecule has 31 heavy (non-hydrogen) atoms. The van der Waals surface area contributed by atoms with Gasteiger partial charge in [-0.05, 0) is 12.1 Å². The Hall–Kier alpha value is -3.09. The molecule has 2 aromatic heterocycles. The lowest BCUT2D eigenvalue weighted by atomic mass is 9.99. The number of ether oxygens (including phenoxy) is 1. The predicted molar refractivity (Wildman–Crippen MR) is 98.8 cm³/mol. The zero-order valence-corrected chi connectivity index (χ0v) is 16.1. The van der Waals surface area contributed by atoms with Gasteiger partial charge in [-0.3, -0.25) is 5.32 Å². The molecule has 2 aliphatic heterocycles. The molecule has 0 radical (unpaired) electrons. The number of amides is 1. The maximum atomic E-state index is 14.2. The van der Waals surface area contributed by atoms with E-state index in [2.05, 4.69) is 25.6 Å². The molecular formula is C18H17F5N6O2. The number of anilines is 2. The lowest BCUT2D eigenvalue weighted by Crippen LogP contribution is -2.44. The molecule has 166 valence electrons. The Morgan fingerprint density at radius 2 is 1.84 bits per heavy atom. The number of aromatic nitrogens is 3. The van der Waals surface area contributed by atoms with Crippen molar-refractivity contribution in [2.45, 2.75) is 25.1 Å². The number of cyclic esters (lactones) is 1. The summed E-state index contributed by atoms with van der Waals surface area (Å²) in [5, 5.41) is 5.27. The minimum Gasteiger partial charge on any atom is -0.434 e. The van der Waals surface area contributed by atoms with Gasteiger partial charge in [-0.15, -0.1) is 0 Å². The zero-order chi connectivity index (χ0) is 22.4. The van der Waals surface area contributed by atoms with Crippen LogP contribution in [0.25, 0.3) is 11.4 Å². The number of pyridine rings is 1. The van der Waals surface area contributed by atoms with Gasteiger partial charge in [-0.25, -0.2) is 28.5 Å². The monoisotopic (exact) mass is 444 g/mol. The van der Waals surface area contributed by atoms with Crippen LogP contribution in [-0.2, 0) is 10.9 Å². The van der Waals surface area contributed by atoms with Crippen molar-refractivity contribution < 1.29 is 31.5 Å². The zero-order valence-electron chi connectivity index (χ0n) is 16.1. The van der Waals surface area contributed by atoms with Crippen LogP contribution in [0.4, 0.5) is 38.4 Å². The summed E-state index contributed by atoms with van der Waals surface area (Å²) >= 11 is 0. The first-order valence-corrected chi connectivity index (χ1v) is 9.29. The molecule has 4 rings (SSSR count). The number of carbonyl (C=O) groups is 1. The number of piperazine rings is 1. The van der Waals surface area contributed by atoms with Gasteiger partial charge in [-0.1, -0.05) is 0 Å². The summed E-state index contributed by atoms with van der Waals surface area (Å²) in [6, 6.07) is 1.64. The first-order chi connectivity index (χ1) is 14.5. The van der Waals surface area contributed by atoms with Gasteiger partial charge in [0, 0.05) is 33.1 Å². The first kappa shape index (κ1) is 21.2. The second kappa shape index (κ2) is 7.55. The van der Waals surface area contributed by atoms with Crippen molar-refractivity contribution in [3.05, 3.63) is 29.6 Å². The maximum Gasteiger partial charge on any atom is 0.416 e. The standard InChI is InChI=1S/C18H17F5N6O2/c1-17(19,20)14-12-13(25-8-26-15(12)28-16(30)31-14)10-6-9(18(21,22)23)7-11(27-10)29-4-2-24-3-5-29/h6-8,14,24H,2-5H2,1H3,(H,25,26,28,30)/t14-/m1/s1. The third-order valence-corrected chi connectivity index (χ3v) is 4.87. The van der Waals surface area contributed by atoms with E-state index in [9.17, 15) is 26.7 Å². The van der Waals surface area contributed by atoms with Crippen LogP contribution < -0.4 is 15.5 Å². The SMILES string of the molecule is CC(F)(F)[C@@H]1OC(=O)Nc2ncnc(-c3cc(C(F)(F)F)cc(N4CCNCC4)n3)c21. The normalized spacial score (nSPS) is 19.5. The minimum atomic E-state index is -4.70. The van der Waals surface area contributed by atoms with Crippen LogP contribution in [0.1, 0.15) is 24.2 Å². The number of hydrogen-bond donors (Lipinski definition) is 2. The first-order valence-electron chi connectivity index (χ1n) is 9.29. The van der Waals surface area contributed by atoms with E-state index in [0.29, 0.717) is 33.1 Å². The highest BCUT2D eigenvalue weighted by Gasteiger charge is 2.46. The van der Waals surface area contributed by atoms with Crippen LogP contribution in [0.2, 0.25) is 0 Å². The van der Waals surface area contributed by atoms with E-state index in [1.54, 1.807) is 4.90 Å². The summed E-state index contributed by atoms with van der Waals surface area (Å²) < 4.78 is 74.0. The van der Waals surface area contributed by atoms with Crippen molar-refractivity contribution in [1.82, 2.24) is 20.3 Å². The highest BCUT2D eigenvalue weighted by atomic mass is 19.4.